The lowest BCUT2D eigenvalue weighted by Gasteiger charge is -2.46. The molecular weight excluding hydrogens is 566 g/mol. The Labute approximate surface area is 212 Å². The summed E-state index contributed by atoms with van der Waals surface area (Å²) < 4.78 is 124. The summed E-state index contributed by atoms with van der Waals surface area (Å²) in [7, 11) is 1.31. The number of hydrogen-bond acceptors (Lipinski definition) is 6. The number of aliphatic imine (C=N–C) groups is 1. The SMILES string of the molecule is CN1C(=O)C(C)(C)[C@@](C)(c2cc(NC(=O)C(O)(C(F)(F)F)C(F)(F)F)ccc2F)N=C1N.O=C(O)C(F)(F)F. The van der Waals surface area contributed by atoms with Crippen molar-refractivity contribution in [1.29, 1.82) is 0 Å². The van der Waals surface area contributed by atoms with Crippen LogP contribution in [-0.2, 0) is 19.9 Å². The zero-order valence-electron chi connectivity index (χ0n) is 20.1. The second-order valence-corrected chi connectivity index (χ2v) is 8.69. The van der Waals surface area contributed by atoms with E-state index in [0.29, 0.717) is 12.1 Å². The Hall–Kier alpha value is -3.64. The second kappa shape index (κ2) is 10.2. The molecule has 0 unspecified atom stereocenters. The van der Waals surface area contributed by atoms with Crippen LogP contribution >= 0.6 is 0 Å². The zero-order chi connectivity index (χ0) is 31.2. The number of guanidine groups is 1. The number of carbonyl (C=O) groups excluding carboxylic acids is 2. The Morgan fingerprint density at radius 1 is 1.00 bits per heavy atom. The topological polar surface area (TPSA) is 145 Å². The van der Waals surface area contributed by atoms with E-state index in [1.807, 2.05) is 0 Å². The van der Waals surface area contributed by atoms with Gasteiger partial charge in [-0.2, -0.15) is 39.5 Å². The van der Waals surface area contributed by atoms with E-state index in [2.05, 4.69) is 4.99 Å². The number of anilines is 1. The van der Waals surface area contributed by atoms with Crippen molar-refractivity contribution in [2.75, 3.05) is 12.4 Å². The summed E-state index contributed by atoms with van der Waals surface area (Å²) >= 11 is 0. The average molecular weight is 586 g/mol. The molecule has 19 heteroatoms. The van der Waals surface area contributed by atoms with E-state index < -0.39 is 69.9 Å². The van der Waals surface area contributed by atoms with Gasteiger partial charge >= 0.3 is 30.1 Å². The van der Waals surface area contributed by atoms with Crippen LogP contribution in [0.4, 0.5) is 49.6 Å². The molecule has 1 aliphatic heterocycles. The Kier molecular flexibility index (Phi) is 8.69. The summed E-state index contributed by atoms with van der Waals surface area (Å²) in [5.74, 6) is -7.53. The molecule has 220 valence electrons. The van der Waals surface area contributed by atoms with E-state index in [9.17, 15) is 58.6 Å². The molecule has 1 aliphatic rings. The van der Waals surface area contributed by atoms with Crippen LogP contribution in [0.25, 0.3) is 0 Å². The first-order chi connectivity index (χ1) is 17.2. The number of benzene rings is 1. The van der Waals surface area contributed by atoms with Crippen LogP contribution in [0.3, 0.4) is 0 Å². The molecule has 1 atom stereocenters. The molecule has 39 heavy (non-hydrogen) atoms. The first kappa shape index (κ1) is 33.4. The van der Waals surface area contributed by atoms with Crippen LogP contribution in [0.2, 0.25) is 0 Å². The highest BCUT2D eigenvalue weighted by molar-refractivity contribution is 6.02. The van der Waals surface area contributed by atoms with Crippen molar-refractivity contribution in [3.63, 3.8) is 0 Å². The number of rotatable bonds is 3. The van der Waals surface area contributed by atoms with Crippen LogP contribution in [0, 0.1) is 11.2 Å². The molecule has 0 fully saturated rings. The zero-order valence-corrected chi connectivity index (χ0v) is 20.1. The number of amides is 2. The van der Waals surface area contributed by atoms with Crippen molar-refractivity contribution in [2.24, 2.45) is 16.1 Å². The number of carboxylic acid groups (broad SMARTS) is 1. The number of nitrogens with two attached hydrogens (primary N) is 1. The van der Waals surface area contributed by atoms with Crippen molar-refractivity contribution in [3.8, 4) is 0 Å². The van der Waals surface area contributed by atoms with Gasteiger partial charge < -0.3 is 21.3 Å². The second-order valence-electron chi connectivity index (χ2n) is 8.69. The predicted molar refractivity (Wildman–Crippen MR) is 111 cm³/mol. The summed E-state index contributed by atoms with van der Waals surface area (Å²) in [6.45, 7) is 4.06. The Bertz CT molecular complexity index is 1160. The lowest BCUT2D eigenvalue weighted by molar-refractivity contribution is -0.348. The van der Waals surface area contributed by atoms with Gasteiger partial charge in [-0.25, -0.2) is 14.2 Å². The van der Waals surface area contributed by atoms with Crippen LogP contribution in [0.1, 0.15) is 26.3 Å². The molecule has 0 aromatic heterocycles. The molecular formula is C20H20F10N4O5. The fourth-order valence-electron chi connectivity index (χ4n) is 3.19. The predicted octanol–water partition coefficient (Wildman–Crippen LogP) is 3.28. The third kappa shape index (κ3) is 6.01. The van der Waals surface area contributed by atoms with Crippen LogP contribution < -0.4 is 11.1 Å². The Morgan fingerprint density at radius 3 is 1.82 bits per heavy atom. The Balaban J connectivity index is 0.000000956. The Morgan fingerprint density at radius 2 is 1.44 bits per heavy atom. The third-order valence-corrected chi connectivity index (χ3v) is 5.88. The molecule has 5 N–H and O–H groups in total. The van der Waals surface area contributed by atoms with E-state index in [1.165, 1.54) is 33.1 Å². The van der Waals surface area contributed by atoms with E-state index in [4.69, 9.17) is 15.6 Å². The van der Waals surface area contributed by atoms with E-state index in [-0.39, 0.29) is 5.96 Å². The van der Waals surface area contributed by atoms with Gasteiger partial charge in [-0.05, 0) is 39.0 Å². The lowest BCUT2D eigenvalue weighted by atomic mass is 9.67. The lowest BCUT2D eigenvalue weighted by Crippen LogP contribution is -2.64. The van der Waals surface area contributed by atoms with Crippen molar-refractivity contribution < 1.29 is 68.5 Å². The van der Waals surface area contributed by atoms with Crippen molar-refractivity contribution >= 4 is 29.4 Å². The maximum atomic E-state index is 14.7. The molecule has 0 aliphatic carbocycles. The van der Waals surface area contributed by atoms with Gasteiger partial charge in [-0.3, -0.25) is 14.5 Å². The molecule has 0 spiro atoms. The van der Waals surface area contributed by atoms with Gasteiger partial charge in [0.2, 0.25) is 5.91 Å². The van der Waals surface area contributed by atoms with Crippen LogP contribution in [0.5, 0.6) is 0 Å². The van der Waals surface area contributed by atoms with Gasteiger partial charge in [0.25, 0.3) is 5.91 Å². The molecule has 0 saturated heterocycles. The molecule has 0 saturated carbocycles. The largest absolute Gasteiger partial charge is 0.490 e. The average Bonchev–Trinajstić information content (AvgIpc) is 2.75. The first-order valence-electron chi connectivity index (χ1n) is 10.1. The number of carboxylic acids is 1. The number of alkyl halides is 9. The molecule has 2 amide bonds. The number of nitrogens with zero attached hydrogens (tertiary/aromatic N) is 2. The molecule has 1 aromatic carbocycles. The molecule has 1 heterocycles. The summed E-state index contributed by atoms with van der Waals surface area (Å²) in [5, 5.41) is 17.6. The van der Waals surface area contributed by atoms with E-state index >= 15 is 0 Å². The molecule has 1 aromatic rings. The molecule has 2 rings (SSSR count). The smallest absolute Gasteiger partial charge is 0.475 e. The monoisotopic (exact) mass is 586 g/mol. The normalized spacial score (nSPS) is 20.0. The quantitative estimate of drug-likeness (QED) is 0.400. The maximum Gasteiger partial charge on any atom is 0.490 e. The highest BCUT2D eigenvalue weighted by atomic mass is 19.4. The summed E-state index contributed by atoms with van der Waals surface area (Å²) in [5.41, 5.74) is -4.38. The highest BCUT2D eigenvalue weighted by Gasteiger charge is 2.75. The molecule has 0 bridgehead atoms. The summed E-state index contributed by atoms with van der Waals surface area (Å²) in [4.78, 5) is 38.5. The number of halogens is 10. The van der Waals surface area contributed by atoms with Crippen molar-refractivity contribution in [2.45, 2.75) is 50.4 Å². The number of aliphatic hydroxyl groups is 1. The van der Waals surface area contributed by atoms with Gasteiger partial charge in [0, 0.05) is 18.3 Å². The fraction of sp³-hybridized carbons (Fsp3) is 0.500. The van der Waals surface area contributed by atoms with E-state index in [1.54, 1.807) is 0 Å². The third-order valence-electron chi connectivity index (χ3n) is 5.88. The summed E-state index contributed by atoms with van der Waals surface area (Å²) in [6.07, 6.45) is -17.9. The fourth-order valence-corrected chi connectivity index (χ4v) is 3.19. The summed E-state index contributed by atoms with van der Waals surface area (Å²) in [6, 6.07) is 2.06. The van der Waals surface area contributed by atoms with Gasteiger partial charge in [0.05, 0.1) is 5.41 Å². The minimum Gasteiger partial charge on any atom is -0.475 e. The highest BCUT2D eigenvalue weighted by Crippen LogP contribution is 2.48. The standard InChI is InChI=1S/C18H19F7N4O3.C2HF3O2/c1-14(2)12(31)29(4)13(26)28-15(14,3)9-7-8(5-6-10(9)19)27-11(30)16(32,17(20,21)22)18(23,24)25;3-2(4,5)1(6)7/h5-7,32H,1-4H3,(H2,26,28)(H,27,30);(H,6,7)/t15-;/m1./s1. The van der Waals surface area contributed by atoms with Crippen molar-refractivity contribution in [3.05, 3.63) is 29.6 Å². The molecule has 9 nitrogen and oxygen atoms in total. The number of hydrogen-bond donors (Lipinski definition) is 4. The number of nitrogens with one attached hydrogen (secondary N) is 1. The van der Waals surface area contributed by atoms with Crippen LogP contribution in [0.15, 0.2) is 23.2 Å². The van der Waals surface area contributed by atoms with E-state index in [0.717, 1.165) is 11.0 Å². The van der Waals surface area contributed by atoms with Gasteiger partial charge in [0.1, 0.15) is 11.4 Å². The van der Waals surface area contributed by atoms with Crippen LogP contribution in [-0.4, -0.2) is 70.0 Å². The number of aliphatic carboxylic acids is 1. The molecule has 0 radical (unpaired) electrons. The number of carbonyl (C=O) groups is 3. The van der Waals surface area contributed by atoms with Gasteiger partial charge in [0.15, 0.2) is 5.96 Å². The minimum absolute atomic E-state index is 0.311. The maximum absolute atomic E-state index is 14.7. The van der Waals surface area contributed by atoms with Crippen molar-refractivity contribution in [1.82, 2.24) is 4.90 Å². The minimum atomic E-state index is -6.40. The van der Waals surface area contributed by atoms with Gasteiger partial charge in [-0.15, -0.1) is 0 Å². The first-order valence-corrected chi connectivity index (χ1v) is 10.1. The van der Waals surface area contributed by atoms with Gasteiger partial charge in [-0.1, -0.05) is 0 Å².